The quantitative estimate of drug-likeness (QED) is 0.819. The fourth-order valence-electron chi connectivity index (χ4n) is 1.57. The number of carbonyl (C=O) groups is 2. The number of halogens is 1. The van der Waals surface area contributed by atoms with E-state index in [4.69, 9.17) is 4.52 Å². The molecule has 2 N–H and O–H groups in total. The van der Waals surface area contributed by atoms with Gasteiger partial charge in [-0.2, -0.15) is 0 Å². The van der Waals surface area contributed by atoms with Gasteiger partial charge in [-0.15, -0.1) is 0 Å². The van der Waals surface area contributed by atoms with E-state index in [1.807, 2.05) is 0 Å². The molecule has 1 aromatic rings. The monoisotopic (exact) mass is 268 g/mol. The molecule has 19 heavy (non-hydrogen) atoms. The summed E-state index contributed by atoms with van der Waals surface area (Å²) in [5.74, 6) is 0.183. The molecule has 0 atom stereocenters. The molecule has 2 rings (SSSR count). The number of hydrogen-bond donors (Lipinski definition) is 2. The number of alkyl halides is 1. The lowest BCUT2D eigenvalue weighted by Gasteiger charge is -2.20. The molecule has 2 heterocycles. The molecule has 0 saturated carbocycles. The van der Waals surface area contributed by atoms with E-state index in [9.17, 15) is 14.0 Å². The summed E-state index contributed by atoms with van der Waals surface area (Å²) in [6.07, 6.45) is 4.70. The zero-order chi connectivity index (χ0) is 13.7. The van der Waals surface area contributed by atoms with Gasteiger partial charge in [-0.1, -0.05) is 5.16 Å². The van der Waals surface area contributed by atoms with Gasteiger partial charge in [0, 0.05) is 24.4 Å². The van der Waals surface area contributed by atoms with Crippen molar-refractivity contribution in [1.82, 2.24) is 20.7 Å². The van der Waals surface area contributed by atoms with Crippen LogP contribution < -0.4 is 10.6 Å². The molecule has 1 aromatic heterocycles. The van der Waals surface area contributed by atoms with Crippen molar-refractivity contribution in [3.05, 3.63) is 23.7 Å². The summed E-state index contributed by atoms with van der Waals surface area (Å²) in [6, 6.07) is -0.418. The summed E-state index contributed by atoms with van der Waals surface area (Å²) in [5.41, 5.74) is 0.791. The number of nitrogens with zero attached hydrogens (tertiary/aromatic N) is 2. The first kappa shape index (κ1) is 13.1. The fourth-order valence-corrected chi connectivity index (χ4v) is 1.57. The molecule has 0 unspecified atom stereocenters. The highest BCUT2D eigenvalue weighted by Crippen LogP contribution is 2.18. The number of amides is 3. The Morgan fingerprint density at radius 3 is 3.11 bits per heavy atom. The summed E-state index contributed by atoms with van der Waals surface area (Å²) >= 11 is 0. The molecule has 8 heteroatoms. The lowest BCUT2D eigenvalue weighted by Crippen LogP contribution is -2.43. The zero-order valence-electron chi connectivity index (χ0n) is 10.1. The summed E-state index contributed by atoms with van der Waals surface area (Å²) < 4.78 is 16.8. The molecule has 0 saturated heterocycles. The van der Waals surface area contributed by atoms with Crippen molar-refractivity contribution >= 4 is 18.0 Å². The van der Waals surface area contributed by atoms with Gasteiger partial charge in [0.25, 0.3) is 0 Å². The van der Waals surface area contributed by atoms with Crippen molar-refractivity contribution in [2.24, 2.45) is 0 Å². The molecule has 0 fully saturated rings. The third-order valence-electron chi connectivity index (χ3n) is 2.50. The molecule has 0 bridgehead atoms. The van der Waals surface area contributed by atoms with E-state index in [1.54, 1.807) is 12.3 Å². The maximum atomic E-state index is 11.8. The SMILES string of the molecule is O=C(CNC(=O)N1C=Cc2oncc2C1)NCCF. The highest BCUT2D eigenvalue weighted by molar-refractivity contribution is 5.84. The smallest absolute Gasteiger partial charge is 0.322 e. The van der Waals surface area contributed by atoms with Crippen molar-refractivity contribution in [1.29, 1.82) is 0 Å². The number of hydrogen-bond acceptors (Lipinski definition) is 4. The van der Waals surface area contributed by atoms with Crippen LogP contribution in [0.25, 0.3) is 6.08 Å². The van der Waals surface area contributed by atoms with Crippen LogP contribution in [0.1, 0.15) is 11.3 Å². The molecule has 0 aliphatic carbocycles. The Kier molecular flexibility index (Phi) is 4.11. The Morgan fingerprint density at radius 1 is 1.47 bits per heavy atom. The number of nitrogens with one attached hydrogen (secondary N) is 2. The summed E-state index contributed by atoms with van der Waals surface area (Å²) in [5, 5.41) is 8.37. The zero-order valence-corrected chi connectivity index (χ0v) is 10.1. The molecular formula is C11H13FN4O3. The highest BCUT2D eigenvalue weighted by atomic mass is 19.1. The lowest BCUT2D eigenvalue weighted by atomic mass is 10.2. The second kappa shape index (κ2) is 5.98. The van der Waals surface area contributed by atoms with Gasteiger partial charge in [0.05, 0.1) is 19.3 Å². The van der Waals surface area contributed by atoms with E-state index >= 15 is 0 Å². The highest BCUT2D eigenvalue weighted by Gasteiger charge is 2.19. The van der Waals surface area contributed by atoms with Crippen molar-refractivity contribution < 1.29 is 18.5 Å². The van der Waals surface area contributed by atoms with Crippen molar-refractivity contribution in [3.8, 4) is 0 Å². The van der Waals surface area contributed by atoms with Gasteiger partial charge in [0.1, 0.15) is 6.67 Å². The maximum absolute atomic E-state index is 11.8. The topological polar surface area (TPSA) is 87.5 Å². The minimum atomic E-state index is -0.634. The second-order valence-electron chi connectivity index (χ2n) is 3.86. The molecule has 0 radical (unpaired) electrons. The number of carbonyl (C=O) groups excluding carboxylic acids is 2. The normalized spacial score (nSPS) is 13.0. The molecule has 3 amide bonds. The Hall–Kier alpha value is -2.38. The largest absolute Gasteiger partial charge is 0.357 e. The molecule has 1 aliphatic rings. The number of fused-ring (bicyclic) bond motifs is 1. The van der Waals surface area contributed by atoms with E-state index in [-0.39, 0.29) is 13.1 Å². The van der Waals surface area contributed by atoms with Crippen LogP contribution in [0.2, 0.25) is 0 Å². The number of rotatable bonds is 4. The average Bonchev–Trinajstić information content (AvgIpc) is 2.89. The predicted octanol–water partition coefficient (Wildman–Crippen LogP) is 0.256. The summed E-state index contributed by atoms with van der Waals surface area (Å²) in [7, 11) is 0. The molecule has 0 spiro atoms. The van der Waals surface area contributed by atoms with Crippen LogP contribution in [-0.2, 0) is 11.3 Å². The minimum absolute atomic E-state index is 0.0532. The van der Waals surface area contributed by atoms with Gasteiger partial charge >= 0.3 is 6.03 Å². The van der Waals surface area contributed by atoms with Crippen LogP contribution in [0.3, 0.4) is 0 Å². The van der Waals surface area contributed by atoms with Gasteiger partial charge in [0.2, 0.25) is 5.91 Å². The van der Waals surface area contributed by atoms with E-state index in [1.165, 1.54) is 11.1 Å². The van der Waals surface area contributed by atoms with Crippen molar-refractivity contribution in [2.75, 3.05) is 19.8 Å². The molecule has 1 aliphatic heterocycles. The van der Waals surface area contributed by atoms with Gasteiger partial charge < -0.3 is 15.2 Å². The first-order valence-corrected chi connectivity index (χ1v) is 5.69. The van der Waals surface area contributed by atoms with Crippen LogP contribution in [0, 0.1) is 0 Å². The molecular weight excluding hydrogens is 255 g/mol. The Labute approximate surface area is 108 Å². The molecule has 102 valence electrons. The number of urea groups is 1. The van der Waals surface area contributed by atoms with Crippen LogP contribution in [-0.4, -0.2) is 41.8 Å². The van der Waals surface area contributed by atoms with Crippen molar-refractivity contribution in [2.45, 2.75) is 6.54 Å². The minimum Gasteiger partial charge on any atom is -0.357 e. The molecule has 7 nitrogen and oxygen atoms in total. The third kappa shape index (κ3) is 3.30. The average molecular weight is 268 g/mol. The van der Waals surface area contributed by atoms with Crippen LogP contribution in [0.4, 0.5) is 9.18 Å². The van der Waals surface area contributed by atoms with Crippen LogP contribution in [0.5, 0.6) is 0 Å². The van der Waals surface area contributed by atoms with Gasteiger partial charge in [-0.25, -0.2) is 9.18 Å². The Bertz CT molecular complexity index is 500. The van der Waals surface area contributed by atoms with Crippen LogP contribution in [0.15, 0.2) is 16.9 Å². The standard InChI is InChI=1S/C11H13FN4O3/c12-2-3-13-10(17)6-14-11(18)16-4-1-9-8(7-16)5-15-19-9/h1,4-5H,2-3,6-7H2,(H,13,17)(H,14,18). The predicted molar refractivity (Wildman–Crippen MR) is 63.5 cm³/mol. The third-order valence-corrected chi connectivity index (χ3v) is 2.50. The summed E-state index contributed by atoms with van der Waals surface area (Å²) in [4.78, 5) is 24.3. The first-order chi connectivity index (χ1) is 9.20. The Morgan fingerprint density at radius 2 is 2.32 bits per heavy atom. The van der Waals surface area contributed by atoms with E-state index in [0.717, 1.165) is 5.56 Å². The molecule has 0 aromatic carbocycles. The van der Waals surface area contributed by atoms with Gasteiger partial charge in [0.15, 0.2) is 5.76 Å². The van der Waals surface area contributed by atoms with E-state index in [0.29, 0.717) is 12.3 Å². The lowest BCUT2D eigenvalue weighted by molar-refractivity contribution is -0.120. The van der Waals surface area contributed by atoms with Crippen molar-refractivity contribution in [3.63, 3.8) is 0 Å². The number of aromatic nitrogens is 1. The maximum Gasteiger partial charge on any atom is 0.322 e. The first-order valence-electron chi connectivity index (χ1n) is 5.69. The van der Waals surface area contributed by atoms with Crippen LogP contribution >= 0.6 is 0 Å². The van der Waals surface area contributed by atoms with E-state index < -0.39 is 18.6 Å². The Balaban J connectivity index is 1.80. The van der Waals surface area contributed by atoms with Gasteiger partial charge in [-0.05, 0) is 0 Å². The second-order valence-corrected chi connectivity index (χ2v) is 3.86. The van der Waals surface area contributed by atoms with E-state index in [2.05, 4.69) is 15.8 Å². The fraction of sp³-hybridized carbons (Fsp3) is 0.364. The van der Waals surface area contributed by atoms with Gasteiger partial charge in [-0.3, -0.25) is 9.69 Å². The summed E-state index contributed by atoms with van der Waals surface area (Å²) in [6.45, 7) is -0.555.